The minimum absolute atomic E-state index is 0.196. The molecule has 0 unspecified atom stereocenters. The summed E-state index contributed by atoms with van der Waals surface area (Å²) in [4.78, 5) is 17.4. The quantitative estimate of drug-likeness (QED) is 0.530. The third-order valence-electron chi connectivity index (χ3n) is 4.17. The number of hydrogen-bond donors (Lipinski definition) is 1. The standard InChI is InChI=1S/C23H17ClN2O2S/c24-18-11-5-6-12-19(18)25-23-26-22(27)21(29-23)14-17-10-4-7-13-20(17)28-15-16-8-2-1-3-9-16/h1-14H,15H2,(H,25,26,27)/b21-14+. The molecule has 0 saturated carbocycles. The molecule has 4 rings (SSSR count). The molecule has 4 nitrogen and oxygen atoms in total. The average molecular weight is 421 g/mol. The molecule has 1 amide bonds. The minimum Gasteiger partial charge on any atom is -0.488 e. The van der Waals surface area contributed by atoms with Gasteiger partial charge < -0.3 is 10.1 Å². The van der Waals surface area contributed by atoms with Crippen LogP contribution in [0.2, 0.25) is 5.02 Å². The Morgan fingerprint density at radius 2 is 1.69 bits per heavy atom. The summed E-state index contributed by atoms with van der Waals surface area (Å²) in [5, 5.41) is 3.81. The van der Waals surface area contributed by atoms with Crippen LogP contribution in [0, 0.1) is 0 Å². The zero-order chi connectivity index (χ0) is 20.1. The van der Waals surface area contributed by atoms with Crippen LogP contribution in [0.5, 0.6) is 5.75 Å². The minimum atomic E-state index is -0.196. The van der Waals surface area contributed by atoms with Crippen molar-refractivity contribution in [2.24, 2.45) is 4.99 Å². The highest BCUT2D eigenvalue weighted by Gasteiger charge is 2.24. The van der Waals surface area contributed by atoms with Gasteiger partial charge in [0.1, 0.15) is 12.4 Å². The molecule has 1 N–H and O–H groups in total. The first kappa shape index (κ1) is 19.3. The van der Waals surface area contributed by atoms with Gasteiger partial charge in [-0.3, -0.25) is 4.79 Å². The largest absolute Gasteiger partial charge is 0.488 e. The number of aliphatic imine (C=N–C) groups is 1. The van der Waals surface area contributed by atoms with E-state index < -0.39 is 0 Å². The third-order valence-corrected chi connectivity index (χ3v) is 5.40. The van der Waals surface area contributed by atoms with Crippen molar-refractivity contribution in [3.8, 4) is 5.75 Å². The van der Waals surface area contributed by atoms with Crippen LogP contribution in [0.1, 0.15) is 11.1 Å². The van der Waals surface area contributed by atoms with Crippen LogP contribution >= 0.6 is 23.4 Å². The number of benzene rings is 3. The number of para-hydroxylation sites is 2. The van der Waals surface area contributed by atoms with E-state index in [1.54, 1.807) is 12.1 Å². The number of amides is 1. The fraction of sp³-hybridized carbons (Fsp3) is 0.0435. The molecule has 1 saturated heterocycles. The first-order valence-electron chi connectivity index (χ1n) is 8.99. The molecule has 0 aromatic heterocycles. The summed E-state index contributed by atoms with van der Waals surface area (Å²) in [6.07, 6.45) is 1.81. The fourth-order valence-corrected chi connectivity index (χ4v) is 3.74. The molecule has 1 aliphatic rings. The van der Waals surface area contributed by atoms with E-state index in [-0.39, 0.29) is 5.91 Å². The predicted molar refractivity (Wildman–Crippen MR) is 119 cm³/mol. The number of thioether (sulfide) groups is 1. The van der Waals surface area contributed by atoms with Crippen molar-refractivity contribution in [1.82, 2.24) is 5.32 Å². The van der Waals surface area contributed by atoms with Crippen molar-refractivity contribution in [2.75, 3.05) is 0 Å². The summed E-state index contributed by atoms with van der Waals surface area (Å²) in [6, 6.07) is 24.8. The van der Waals surface area contributed by atoms with E-state index in [2.05, 4.69) is 10.3 Å². The average Bonchev–Trinajstić information content (AvgIpc) is 3.08. The number of halogens is 1. The lowest BCUT2D eigenvalue weighted by molar-refractivity contribution is -0.115. The summed E-state index contributed by atoms with van der Waals surface area (Å²) in [5.74, 6) is 0.521. The Balaban J connectivity index is 1.54. The number of rotatable bonds is 5. The highest BCUT2D eigenvalue weighted by Crippen LogP contribution is 2.32. The Kier molecular flexibility index (Phi) is 5.98. The van der Waals surface area contributed by atoms with Crippen molar-refractivity contribution in [3.63, 3.8) is 0 Å². The number of nitrogens with one attached hydrogen (secondary N) is 1. The van der Waals surface area contributed by atoms with Crippen LogP contribution < -0.4 is 10.1 Å². The second kappa shape index (κ2) is 8.99. The topological polar surface area (TPSA) is 50.7 Å². The van der Waals surface area contributed by atoms with E-state index in [1.165, 1.54) is 11.8 Å². The lowest BCUT2D eigenvalue weighted by Crippen LogP contribution is -2.19. The van der Waals surface area contributed by atoms with Gasteiger partial charge in [-0.25, -0.2) is 4.99 Å². The Morgan fingerprint density at radius 1 is 0.966 bits per heavy atom. The van der Waals surface area contributed by atoms with Crippen LogP contribution in [0.4, 0.5) is 5.69 Å². The van der Waals surface area contributed by atoms with Gasteiger partial charge in [0.05, 0.1) is 15.6 Å². The van der Waals surface area contributed by atoms with Crippen molar-refractivity contribution < 1.29 is 9.53 Å². The van der Waals surface area contributed by atoms with Gasteiger partial charge in [0.15, 0.2) is 5.17 Å². The Morgan fingerprint density at radius 3 is 2.52 bits per heavy atom. The van der Waals surface area contributed by atoms with Gasteiger partial charge >= 0.3 is 0 Å². The highest BCUT2D eigenvalue weighted by molar-refractivity contribution is 8.18. The van der Waals surface area contributed by atoms with Gasteiger partial charge in [-0.2, -0.15) is 0 Å². The van der Waals surface area contributed by atoms with E-state index in [9.17, 15) is 4.79 Å². The van der Waals surface area contributed by atoms with Crippen LogP contribution in [0.3, 0.4) is 0 Å². The summed E-state index contributed by atoms with van der Waals surface area (Å²) >= 11 is 7.43. The number of ether oxygens (including phenoxy) is 1. The molecule has 0 spiro atoms. The predicted octanol–water partition coefficient (Wildman–Crippen LogP) is 5.81. The van der Waals surface area contributed by atoms with Gasteiger partial charge in [-0.15, -0.1) is 0 Å². The lowest BCUT2D eigenvalue weighted by Gasteiger charge is -2.09. The lowest BCUT2D eigenvalue weighted by atomic mass is 10.2. The molecule has 144 valence electrons. The molecule has 29 heavy (non-hydrogen) atoms. The van der Waals surface area contributed by atoms with Crippen molar-refractivity contribution in [2.45, 2.75) is 6.61 Å². The third kappa shape index (κ3) is 4.88. The number of amidine groups is 1. The zero-order valence-corrected chi connectivity index (χ0v) is 16.9. The fourth-order valence-electron chi connectivity index (χ4n) is 2.74. The van der Waals surface area contributed by atoms with Gasteiger partial charge in [-0.1, -0.05) is 72.3 Å². The summed E-state index contributed by atoms with van der Waals surface area (Å²) in [5.41, 5.74) is 2.53. The molecule has 1 heterocycles. The van der Waals surface area contributed by atoms with Gasteiger partial charge in [0.2, 0.25) is 0 Å². The number of carbonyl (C=O) groups is 1. The van der Waals surface area contributed by atoms with E-state index in [4.69, 9.17) is 16.3 Å². The Labute approximate surface area is 178 Å². The molecular weight excluding hydrogens is 404 g/mol. The first-order valence-corrected chi connectivity index (χ1v) is 10.2. The van der Waals surface area contributed by atoms with Crippen LogP contribution in [-0.4, -0.2) is 11.1 Å². The van der Waals surface area contributed by atoms with E-state index in [0.717, 1.165) is 11.1 Å². The highest BCUT2D eigenvalue weighted by atomic mass is 35.5. The van der Waals surface area contributed by atoms with Gasteiger partial charge in [-0.05, 0) is 41.6 Å². The normalized spacial score (nSPS) is 16.2. The maximum atomic E-state index is 12.4. The molecule has 0 radical (unpaired) electrons. The maximum Gasteiger partial charge on any atom is 0.264 e. The van der Waals surface area contributed by atoms with Crippen LogP contribution in [0.25, 0.3) is 6.08 Å². The maximum absolute atomic E-state index is 12.4. The van der Waals surface area contributed by atoms with Crippen molar-refractivity contribution in [1.29, 1.82) is 0 Å². The Bertz CT molecular complexity index is 1100. The van der Waals surface area contributed by atoms with E-state index in [1.807, 2.05) is 72.8 Å². The zero-order valence-electron chi connectivity index (χ0n) is 15.3. The van der Waals surface area contributed by atoms with Gasteiger partial charge in [0.25, 0.3) is 5.91 Å². The molecular formula is C23H17ClN2O2S. The van der Waals surface area contributed by atoms with Gasteiger partial charge in [0, 0.05) is 5.56 Å². The molecule has 0 atom stereocenters. The molecule has 3 aromatic carbocycles. The summed E-state index contributed by atoms with van der Waals surface area (Å²) in [6.45, 7) is 0.458. The number of nitrogens with zero attached hydrogens (tertiary/aromatic N) is 1. The van der Waals surface area contributed by atoms with Crippen LogP contribution in [0.15, 0.2) is 88.8 Å². The number of hydrogen-bond acceptors (Lipinski definition) is 4. The van der Waals surface area contributed by atoms with E-state index >= 15 is 0 Å². The molecule has 3 aromatic rings. The summed E-state index contributed by atoms with van der Waals surface area (Å²) in [7, 11) is 0. The summed E-state index contributed by atoms with van der Waals surface area (Å²) < 4.78 is 5.97. The molecule has 1 aliphatic heterocycles. The number of carbonyl (C=O) groups excluding carboxylic acids is 1. The second-order valence-electron chi connectivity index (χ2n) is 6.25. The first-order chi connectivity index (χ1) is 14.2. The smallest absolute Gasteiger partial charge is 0.264 e. The second-order valence-corrected chi connectivity index (χ2v) is 7.68. The van der Waals surface area contributed by atoms with Crippen molar-refractivity contribution in [3.05, 3.63) is 99.9 Å². The molecule has 6 heteroatoms. The molecule has 1 fully saturated rings. The van der Waals surface area contributed by atoms with E-state index in [0.29, 0.717) is 33.1 Å². The van der Waals surface area contributed by atoms with Crippen molar-refractivity contribution >= 4 is 46.2 Å². The van der Waals surface area contributed by atoms with Crippen LogP contribution in [-0.2, 0) is 11.4 Å². The monoisotopic (exact) mass is 420 g/mol. The molecule has 0 bridgehead atoms. The Hall–Kier alpha value is -3.02. The molecule has 0 aliphatic carbocycles. The SMILES string of the molecule is O=C1NC(=Nc2ccccc2Cl)S/C1=C/c1ccccc1OCc1ccccc1.